The van der Waals surface area contributed by atoms with Crippen LogP contribution in [0.4, 0.5) is 0 Å². The van der Waals surface area contributed by atoms with E-state index in [1.54, 1.807) is 0 Å². The number of fused-ring (bicyclic) bond motifs is 2. The van der Waals surface area contributed by atoms with Gasteiger partial charge in [0.2, 0.25) is 0 Å². The SMILES string of the molecule is CCCNC(CO)CCOC1CC2CCC1(C)C2(C)C. The summed E-state index contributed by atoms with van der Waals surface area (Å²) in [6, 6.07) is 0.189. The van der Waals surface area contributed by atoms with Crippen molar-refractivity contribution in [1.29, 1.82) is 0 Å². The van der Waals surface area contributed by atoms with Gasteiger partial charge in [0.05, 0.1) is 12.7 Å². The van der Waals surface area contributed by atoms with Gasteiger partial charge in [-0.25, -0.2) is 0 Å². The van der Waals surface area contributed by atoms with Crippen molar-refractivity contribution in [3.8, 4) is 0 Å². The highest BCUT2D eigenvalue weighted by Gasteiger charge is 2.61. The number of aliphatic hydroxyl groups excluding tert-OH is 1. The summed E-state index contributed by atoms with van der Waals surface area (Å²) in [6.45, 7) is 11.4. The molecule has 2 N–H and O–H groups in total. The van der Waals surface area contributed by atoms with Crippen LogP contribution in [0.15, 0.2) is 0 Å². The van der Waals surface area contributed by atoms with Crippen LogP contribution >= 0.6 is 0 Å². The van der Waals surface area contributed by atoms with E-state index in [0.717, 1.165) is 31.9 Å². The van der Waals surface area contributed by atoms with E-state index in [4.69, 9.17) is 4.74 Å². The molecule has 0 amide bonds. The Kier molecular flexibility index (Phi) is 5.14. The fourth-order valence-corrected chi connectivity index (χ4v) is 4.34. The smallest absolute Gasteiger partial charge is 0.0636 e. The van der Waals surface area contributed by atoms with Gasteiger partial charge in [0.1, 0.15) is 0 Å². The topological polar surface area (TPSA) is 41.5 Å². The first-order chi connectivity index (χ1) is 9.45. The zero-order valence-corrected chi connectivity index (χ0v) is 13.7. The van der Waals surface area contributed by atoms with Crippen LogP contribution in [0, 0.1) is 16.7 Å². The predicted molar refractivity (Wildman–Crippen MR) is 82.8 cm³/mol. The van der Waals surface area contributed by atoms with Crippen LogP contribution in [0.25, 0.3) is 0 Å². The van der Waals surface area contributed by atoms with Crippen molar-refractivity contribution in [2.75, 3.05) is 19.8 Å². The molecular weight excluding hydrogens is 250 g/mol. The number of hydrogen-bond donors (Lipinski definition) is 2. The first kappa shape index (κ1) is 16.3. The van der Waals surface area contributed by atoms with E-state index in [1.807, 2.05) is 0 Å². The third-order valence-electron chi connectivity index (χ3n) is 6.40. The molecule has 2 rings (SSSR count). The minimum absolute atomic E-state index is 0.189. The van der Waals surface area contributed by atoms with E-state index in [9.17, 15) is 5.11 Å². The molecule has 20 heavy (non-hydrogen) atoms. The van der Waals surface area contributed by atoms with Gasteiger partial charge >= 0.3 is 0 Å². The molecule has 0 spiro atoms. The maximum absolute atomic E-state index is 9.37. The average molecular weight is 283 g/mol. The molecule has 2 bridgehead atoms. The van der Waals surface area contributed by atoms with Crippen molar-refractivity contribution >= 4 is 0 Å². The molecule has 3 heteroatoms. The Balaban J connectivity index is 1.78. The predicted octanol–water partition coefficient (Wildman–Crippen LogP) is 2.97. The molecule has 0 heterocycles. The Morgan fingerprint density at radius 3 is 2.60 bits per heavy atom. The monoisotopic (exact) mass is 283 g/mol. The molecule has 0 aromatic rings. The molecule has 0 saturated heterocycles. The highest BCUT2D eigenvalue weighted by Crippen LogP contribution is 2.66. The lowest BCUT2D eigenvalue weighted by molar-refractivity contribution is -0.0499. The fourth-order valence-electron chi connectivity index (χ4n) is 4.34. The van der Waals surface area contributed by atoms with Crippen LogP contribution < -0.4 is 5.32 Å². The Morgan fingerprint density at radius 1 is 1.35 bits per heavy atom. The van der Waals surface area contributed by atoms with Gasteiger partial charge in [-0.3, -0.25) is 0 Å². The molecule has 4 atom stereocenters. The summed E-state index contributed by atoms with van der Waals surface area (Å²) in [7, 11) is 0. The van der Waals surface area contributed by atoms with Gasteiger partial charge in [-0.1, -0.05) is 27.7 Å². The highest BCUT2D eigenvalue weighted by molar-refractivity contribution is 5.11. The van der Waals surface area contributed by atoms with Crippen LogP contribution in [0.3, 0.4) is 0 Å². The van der Waals surface area contributed by atoms with Crippen molar-refractivity contribution in [3.05, 3.63) is 0 Å². The van der Waals surface area contributed by atoms with Crippen LogP contribution in [-0.4, -0.2) is 37.0 Å². The van der Waals surface area contributed by atoms with Crippen LogP contribution in [-0.2, 0) is 4.74 Å². The number of ether oxygens (including phenoxy) is 1. The molecule has 2 aliphatic carbocycles. The van der Waals surface area contributed by atoms with Gasteiger partial charge in [0.15, 0.2) is 0 Å². The number of nitrogens with one attached hydrogen (secondary N) is 1. The molecule has 4 unspecified atom stereocenters. The molecule has 0 aromatic carbocycles. The molecule has 118 valence electrons. The first-order valence-electron chi connectivity index (χ1n) is 8.41. The summed E-state index contributed by atoms with van der Waals surface area (Å²) >= 11 is 0. The van der Waals surface area contributed by atoms with Crippen molar-refractivity contribution in [3.63, 3.8) is 0 Å². The normalized spacial score (nSPS) is 36.5. The number of rotatable bonds is 8. The average Bonchev–Trinajstić information content (AvgIpc) is 2.75. The molecular formula is C17H33NO2. The Hall–Kier alpha value is -0.120. The van der Waals surface area contributed by atoms with Crippen molar-refractivity contribution in [1.82, 2.24) is 5.32 Å². The second kappa shape index (κ2) is 6.33. The van der Waals surface area contributed by atoms with E-state index in [-0.39, 0.29) is 12.6 Å². The standard InChI is InChI=1S/C17H33NO2/c1-5-9-18-14(12-19)7-10-20-15-11-13-6-8-17(15,4)16(13,2)3/h13-15,18-19H,5-12H2,1-4H3. The second-order valence-electron chi connectivity index (χ2n) is 7.59. The van der Waals surface area contributed by atoms with E-state index < -0.39 is 0 Å². The van der Waals surface area contributed by atoms with Crippen LogP contribution in [0.2, 0.25) is 0 Å². The van der Waals surface area contributed by atoms with Crippen LogP contribution in [0.1, 0.15) is 59.8 Å². The Labute approximate surface area is 124 Å². The molecule has 2 aliphatic rings. The summed E-state index contributed by atoms with van der Waals surface area (Å²) in [4.78, 5) is 0. The van der Waals surface area contributed by atoms with Crippen molar-refractivity contribution in [2.45, 2.75) is 71.9 Å². The number of hydrogen-bond acceptors (Lipinski definition) is 3. The fraction of sp³-hybridized carbons (Fsp3) is 1.00. The van der Waals surface area contributed by atoms with E-state index in [0.29, 0.717) is 16.9 Å². The minimum Gasteiger partial charge on any atom is -0.395 e. The quantitative estimate of drug-likeness (QED) is 0.719. The summed E-state index contributed by atoms with van der Waals surface area (Å²) < 4.78 is 6.24. The molecule has 0 aromatic heterocycles. The van der Waals surface area contributed by atoms with Gasteiger partial charge < -0.3 is 15.2 Å². The molecule has 0 aliphatic heterocycles. The minimum atomic E-state index is 0.189. The Bertz CT molecular complexity index is 318. The number of aliphatic hydroxyl groups is 1. The largest absolute Gasteiger partial charge is 0.395 e. The lowest BCUT2D eigenvalue weighted by Gasteiger charge is -2.39. The van der Waals surface area contributed by atoms with E-state index in [1.165, 1.54) is 19.3 Å². The zero-order chi connectivity index (χ0) is 14.8. The summed E-state index contributed by atoms with van der Waals surface area (Å²) in [5.74, 6) is 0.837. The lowest BCUT2D eigenvalue weighted by Crippen LogP contribution is -2.39. The maximum atomic E-state index is 9.37. The van der Waals surface area contributed by atoms with E-state index in [2.05, 4.69) is 33.0 Å². The van der Waals surface area contributed by atoms with Crippen molar-refractivity contribution < 1.29 is 9.84 Å². The van der Waals surface area contributed by atoms with Crippen molar-refractivity contribution in [2.24, 2.45) is 16.7 Å². The maximum Gasteiger partial charge on any atom is 0.0636 e. The first-order valence-corrected chi connectivity index (χ1v) is 8.41. The summed E-state index contributed by atoms with van der Waals surface area (Å²) in [5.41, 5.74) is 0.776. The molecule has 2 saturated carbocycles. The summed E-state index contributed by atoms with van der Waals surface area (Å²) in [5, 5.41) is 12.7. The molecule has 3 nitrogen and oxygen atoms in total. The van der Waals surface area contributed by atoms with Gasteiger partial charge in [0.25, 0.3) is 0 Å². The van der Waals surface area contributed by atoms with Gasteiger partial charge in [-0.15, -0.1) is 0 Å². The van der Waals surface area contributed by atoms with Gasteiger partial charge in [-0.2, -0.15) is 0 Å². The second-order valence-corrected chi connectivity index (χ2v) is 7.59. The third-order valence-corrected chi connectivity index (χ3v) is 6.40. The zero-order valence-electron chi connectivity index (χ0n) is 13.7. The molecule has 0 radical (unpaired) electrons. The highest BCUT2D eigenvalue weighted by atomic mass is 16.5. The van der Waals surface area contributed by atoms with Gasteiger partial charge in [-0.05, 0) is 55.4 Å². The Morgan fingerprint density at radius 2 is 2.10 bits per heavy atom. The third kappa shape index (κ3) is 2.77. The van der Waals surface area contributed by atoms with Crippen LogP contribution in [0.5, 0.6) is 0 Å². The lowest BCUT2D eigenvalue weighted by atomic mass is 9.70. The van der Waals surface area contributed by atoms with Gasteiger partial charge in [0, 0.05) is 12.6 Å². The van der Waals surface area contributed by atoms with E-state index >= 15 is 0 Å². The molecule has 2 fully saturated rings. The summed E-state index contributed by atoms with van der Waals surface area (Å²) in [6.07, 6.45) is 6.35.